The highest BCUT2D eigenvalue weighted by Gasteiger charge is 2.51. The summed E-state index contributed by atoms with van der Waals surface area (Å²) in [4.78, 5) is 22.8. The molecule has 3 aromatic carbocycles. The molecule has 2 saturated carbocycles. The number of likely N-dealkylation sites (tertiary alicyclic amines) is 1. The molecule has 2 bridgehead atoms. The smallest absolute Gasteiger partial charge is 0.226 e. The maximum Gasteiger partial charge on any atom is 0.226 e. The van der Waals surface area contributed by atoms with Gasteiger partial charge in [-0.05, 0) is 73.9 Å². The Kier molecular flexibility index (Phi) is 8.02. The van der Waals surface area contributed by atoms with Gasteiger partial charge >= 0.3 is 0 Å². The normalized spacial score (nSPS) is 23.3. The number of rotatable bonds is 8. The Balaban J connectivity index is 1.17. The third kappa shape index (κ3) is 5.25. The maximum absolute atomic E-state index is 17.2. The largest absolute Gasteiger partial charge is 0.337 e. The van der Waals surface area contributed by atoms with Crippen LogP contribution in [0.15, 0.2) is 60.7 Å². The lowest BCUT2D eigenvalue weighted by Crippen LogP contribution is -2.41. The summed E-state index contributed by atoms with van der Waals surface area (Å²) in [6, 6.07) is 21.3. The predicted octanol–water partition coefficient (Wildman–Crippen LogP) is 8.18. The summed E-state index contributed by atoms with van der Waals surface area (Å²) in [5.41, 5.74) is 5.20. The minimum Gasteiger partial charge on any atom is -0.337 e. The molecule has 3 aromatic heterocycles. The molecule has 54 heavy (non-hydrogen) atoms. The van der Waals surface area contributed by atoms with Crippen molar-refractivity contribution >= 4 is 50.9 Å². The number of pyridine rings is 1. The number of benzene rings is 3. The number of nitrogens with one attached hydrogen (secondary N) is 1. The molecule has 5 aliphatic rings. The Morgan fingerprint density at radius 3 is 2.65 bits per heavy atom. The molecule has 0 spiro atoms. The Bertz CT molecular complexity index is 2530. The standard InChI is InChI=1S/C41H36Cl2FN9O/c1-21-28-18-33(32-17-26(20-51(32)41(54)23-12-13-23)53-49-40(48-50-53)22-7-3-2-4-8-22)52(38-25-16-31(38)46-19-25)39(28)29-15-24(9-6-14-45)34(36(44)37(29)47-21)27-10-5-11-30(42)35(27)43/h2-5,7-8,10-11,15,18,23,25-26,31-32,38,46H,6,9,12-13,16-17,19-20H2,1H3/t25-,26+,31-,32-,38+/m1/s1. The average Bonchev–Trinajstić information content (AvgIpc) is 3.67. The Labute approximate surface area is 320 Å². The molecule has 2 aliphatic carbocycles. The van der Waals surface area contributed by atoms with Crippen LogP contribution in [0.25, 0.3) is 44.3 Å². The van der Waals surface area contributed by atoms with Gasteiger partial charge in [0.15, 0.2) is 5.82 Å². The molecule has 6 aromatic rings. The number of carbonyl (C=O) groups excluding carboxylic acids is 1. The number of aromatic nitrogens is 6. The van der Waals surface area contributed by atoms with Crippen LogP contribution in [0.5, 0.6) is 0 Å². The number of carbonyl (C=O) groups is 1. The van der Waals surface area contributed by atoms with Crippen molar-refractivity contribution in [3.63, 3.8) is 0 Å². The van der Waals surface area contributed by atoms with Crippen molar-refractivity contribution in [3.8, 4) is 28.6 Å². The molecule has 5 atom stereocenters. The van der Waals surface area contributed by atoms with Gasteiger partial charge in [0.25, 0.3) is 0 Å². The third-order valence-corrected chi connectivity index (χ3v) is 12.9. The second-order valence-corrected chi connectivity index (χ2v) is 16.0. The van der Waals surface area contributed by atoms with Gasteiger partial charge in [-0.15, -0.1) is 10.2 Å². The van der Waals surface area contributed by atoms with Crippen LogP contribution in [0, 0.1) is 35.9 Å². The van der Waals surface area contributed by atoms with E-state index in [-0.39, 0.29) is 53.0 Å². The summed E-state index contributed by atoms with van der Waals surface area (Å²) >= 11 is 13.1. The Hall–Kier alpha value is -4.89. The third-order valence-electron chi connectivity index (χ3n) is 12.0. The van der Waals surface area contributed by atoms with Gasteiger partial charge < -0.3 is 14.8 Å². The first kappa shape index (κ1) is 33.7. The number of nitrogens with zero attached hydrogens (tertiary/aromatic N) is 8. The average molecular weight is 761 g/mol. The van der Waals surface area contributed by atoms with Gasteiger partial charge in [-0.3, -0.25) is 4.79 Å². The van der Waals surface area contributed by atoms with E-state index in [9.17, 15) is 10.1 Å². The van der Waals surface area contributed by atoms with E-state index >= 15 is 4.39 Å². The Morgan fingerprint density at radius 2 is 1.91 bits per heavy atom. The number of tetrazole rings is 1. The lowest BCUT2D eigenvalue weighted by atomic mass is 9.79. The molecule has 272 valence electrons. The van der Waals surface area contributed by atoms with Crippen molar-refractivity contribution in [3.05, 3.63) is 93.5 Å². The number of aryl methyl sites for hydroxylation is 2. The lowest BCUT2D eigenvalue weighted by Gasteiger charge is -2.39. The van der Waals surface area contributed by atoms with E-state index < -0.39 is 5.82 Å². The van der Waals surface area contributed by atoms with Crippen molar-refractivity contribution in [2.75, 3.05) is 13.1 Å². The zero-order chi connectivity index (χ0) is 36.8. The number of halogens is 3. The van der Waals surface area contributed by atoms with E-state index in [2.05, 4.69) is 32.3 Å². The molecule has 3 aliphatic heterocycles. The second kappa shape index (κ2) is 12.9. The van der Waals surface area contributed by atoms with E-state index in [0.717, 1.165) is 48.0 Å². The first-order valence-electron chi connectivity index (χ1n) is 18.7. The minimum absolute atomic E-state index is 0.0203. The monoisotopic (exact) mass is 759 g/mol. The van der Waals surface area contributed by atoms with Crippen LogP contribution in [0.2, 0.25) is 10.0 Å². The fraction of sp³-hybridized carbons (Fsp3) is 0.366. The molecular formula is C41H36Cl2FN9O. The number of nitriles is 1. The molecular weight excluding hydrogens is 724 g/mol. The summed E-state index contributed by atoms with van der Waals surface area (Å²) in [7, 11) is 0. The van der Waals surface area contributed by atoms with Crippen molar-refractivity contribution in [2.45, 2.75) is 69.6 Å². The van der Waals surface area contributed by atoms with Crippen LogP contribution in [0.1, 0.15) is 67.2 Å². The van der Waals surface area contributed by atoms with Gasteiger partial charge in [0.05, 0.1) is 39.8 Å². The number of hydrogen-bond donors (Lipinski definition) is 1. The van der Waals surface area contributed by atoms with Gasteiger partial charge in [0.2, 0.25) is 11.7 Å². The summed E-state index contributed by atoms with van der Waals surface area (Å²) in [5, 5.41) is 29.2. The van der Waals surface area contributed by atoms with Crippen molar-refractivity contribution in [2.24, 2.45) is 11.8 Å². The summed E-state index contributed by atoms with van der Waals surface area (Å²) in [6.45, 7) is 3.29. The van der Waals surface area contributed by atoms with Crippen LogP contribution < -0.4 is 5.32 Å². The summed E-state index contributed by atoms with van der Waals surface area (Å²) in [5.74, 6) is 0.634. The molecule has 6 heterocycles. The number of fused-ring (bicyclic) bond motifs is 4. The highest BCUT2D eigenvalue weighted by molar-refractivity contribution is 6.43. The van der Waals surface area contributed by atoms with E-state index in [4.69, 9.17) is 33.3 Å². The molecule has 10 nitrogen and oxygen atoms in total. The van der Waals surface area contributed by atoms with Crippen LogP contribution in [0.3, 0.4) is 0 Å². The molecule has 1 amide bonds. The Morgan fingerprint density at radius 1 is 1.07 bits per heavy atom. The van der Waals surface area contributed by atoms with E-state index in [1.54, 1.807) is 23.0 Å². The molecule has 11 rings (SSSR count). The molecule has 1 N–H and O–H groups in total. The zero-order valence-corrected chi connectivity index (χ0v) is 31.0. The second-order valence-electron chi connectivity index (χ2n) is 15.2. The van der Waals surface area contributed by atoms with Crippen LogP contribution in [-0.2, 0) is 11.2 Å². The fourth-order valence-corrected chi connectivity index (χ4v) is 9.65. The number of hydrogen-bond acceptors (Lipinski definition) is 7. The minimum atomic E-state index is -0.489. The van der Waals surface area contributed by atoms with E-state index in [1.807, 2.05) is 48.2 Å². The van der Waals surface area contributed by atoms with Gasteiger partial charge in [-0.1, -0.05) is 65.7 Å². The van der Waals surface area contributed by atoms with Crippen LogP contribution >= 0.6 is 23.2 Å². The van der Waals surface area contributed by atoms with Crippen LogP contribution in [-0.4, -0.2) is 59.7 Å². The molecule has 13 heteroatoms. The quantitative estimate of drug-likeness (QED) is 0.166. The topological polar surface area (TPSA) is 118 Å². The SMILES string of the molecule is Cc1nc2c(F)c(-c3cccc(Cl)c3Cl)c(CCC#N)cc2c2c1cc([C@H]1C[C@H](n3nnc(-c4ccccc4)n3)CN1C(=O)C1CC1)n2[C@H]1[C@H]2CN[C@@H]1C2. The van der Waals surface area contributed by atoms with Gasteiger partial charge in [0.1, 0.15) is 5.52 Å². The molecule has 0 unspecified atom stereocenters. The molecule has 3 saturated heterocycles. The van der Waals surface area contributed by atoms with Gasteiger partial charge in [-0.2, -0.15) is 10.1 Å². The molecule has 5 fully saturated rings. The van der Waals surface area contributed by atoms with Crippen LogP contribution in [0.4, 0.5) is 4.39 Å². The fourth-order valence-electron chi connectivity index (χ4n) is 9.25. The van der Waals surface area contributed by atoms with E-state index in [1.165, 1.54) is 0 Å². The van der Waals surface area contributed by atoms with Crippen molar-refractivity contribution in [1.82, 2.24) is 40.0 Å². The zero-order valence-electron chi connectivity index (χ0n) is 29.5. The van der Waals surface area contributed by atoms with Gasteiger partial charge in [-0.25, -0.2) is 9.37 Å². The molecule has 0 radical (unpaired) electrons. The summed E-state index contributed by atoms with van der Waals surface area (Å²) in [6.07, 6.45) is 3.98. The first-order valence-corrected chi connectivity index (χ1v) is 19.4. The predicted molar refractivity (Wildman–Crippen MR) is 204 cm³/mol. The van der Waals surface area contributed by atoms with Gasteiger partial charge in [0, 0.05) is 70.3 Å². The van der Waals surface area contributed by atoms with E-state index in [0.29, 0.717) is 63.9 Å². The number of amides is 1. The van der Waals surface area contributed by atoms with Crippen molar-refractivity contribution in [1.29, 1.82) is 5.26 Å². The maximum atomic E-state index is 17.2. The highest BCUT2D eigenvalue weighted by atomic mass is 35.5. The van der Waals surface area contributed by atoms with Crippen molar-refractivity contribution < 1.29 is 9.18 Å². The summed E-state index contributed by atoms with van der Waals surface area (Å²) < 4.78 is 19.7. The highest BCUT2D eigenvalue weighted by Crippen LogP contribution is 2.52. The lowest BCUT2D eigenvalue weighted by molar-refractivity contribution is -0.133. The first-order chi connectivity index (χ1) is 26.3.